The van der Waals surface area contributed by atoms with Gasteiger partial charge in [0.1, 0.15) is 23.8 Å². The van der Waals surface area contributed by atoms with Crippen LogP contribution in [0.15, 0.2) is 48.5 Å². The highest BCUT2D eigenvalue weighted by atomic mass is 32.2. The molecule has 3 aliphatic heterocycles. The van der Waals surface area contributed by atoms with Gasteiger partial charge in [0.25, 0.3) is 22.8 Å². The lowest BCUT2D eigenvalue weighted by Crippen LogP contribution is -2.79. The van der Waals surface area contributed by atoms with Gasteiger partial charge in [0, 0.05) is 5.75 Å². The number of methoxy groups -OCH3 is 1. The molecule has 12 nitrogen and oxygen atoms in total. The summed E-state index contributed by atoms with van der Waals surface area (Å²) in [6.45, 7) is 1.19. The first-order valence-electron chi connectivity index (χ1n) is 11.2. The topological polar surface area (TPSA) is 146 Å². The molecule has 2 unspecified atom stereocenters. The summed E-state index contributed by atoms with van der Waals surface area (Å²) in [6.07, 6.45) is 0. The highest BCUT2D eigenvalue weighted by Gasteiger charge is 2.66. The summed E-state index contributed by atoms with van der Waals surface area (Å²) in [5.74, 6) is -2.26. The number of hydrogen-bond donors (Lipinski definition) is 0. The van der Waals surface area contributed by atoms with E-state index in [4.69, 9.17) is 14.3 Å². The van der Waals surface area contributed by atoms with Gasteiger partial charge in [-0.2, -0.15) is 0 Å². The van der Waals surface area contributed by atoms with Crippen LogP contribution in [0, 0.1) is 10.1 Å². The Hall–Kier alpha value is -4.13. The number of esters is 1. The summed E-state index contributed by atoms with van der Waals surface area (Å²) in [4.78, 5) is 70.7. The Labute approximate surface area is 214 Å². The quantitative estimate of drug-likeness (QED) is 0.171. The van der Waals surface area contributed by atoms with Crippen LogP contribution >= 0.6 is 11.8 Å². The fourth-order valence-corrected chi connectivity index (χ4v) is 6.32. The number of thioether (sulfide) groups is 1. The first-order chi connectivity index (χ1) is 17.7. The van der Waals surface area contributed by atoms with E-state index in [0.29, 0.717) is 11.3 Å². The van der Waals surface area contributed by atoms with E-state index >= 15 is 0 Å². The van der Waals surface area contributed by atoms with Gasteiger partial charge >= 0.3 is 5.97 Å². The van der Waals surface area contributed by atoms with Crippen LogP contribution in [0.4, 0.5) is 0 Å². The van der Waals surface area contributed by atoms with Crippen LogP contribution < -0.4 is 4.74 Å². The van der Waals surface area contributed by atoms with E-state index in [1.165, 1.54) is 26.2 Å². The van der Waals surface area contributed by atoms with E-state index in [2.05, 4.69) is 0 Å². The molecule has 2 saturated heterocycles. The van der Waals surface area contributed by atoms with Gasteiger partial charge in [-0.25, -0.2) is 4.79 Å². The highest BCUT2D eigenvalue weighted by molar-refractivity contribution is 8.00. The summed E-state index contributed by atoms with van der Waals surface area (Å²) in [6, 6.07) is 10.4. The van der Waals surface area contributed by atoms with Crippen molar-refractivity contribution in [2.45, 2.75) is 36.6 Å². The van der Waals surface area contributed by atoms with E-state index in [-0.39, 0.29) is 23.5 Å². The molecule has 13 heteroatoms. The van der Waals surface area contributed by atoms with Crippen LogP contribution in [0.1, 0.15) is 33.2 Å². The zero-order valence-electron chi connectivity index (χ0n) is 19.7. The zero-order chi connectivity index (χ0) is 26.5. The van der Waals surface area contributed by atoms with Gasteiger partial charge in [0.05, 0.1) is 18.2 Å². The van der Waals surface area contributed by atoms with Crippen LogP contribution in [0.2, 0.25) is 0 Å². The molecule has 0 radical (unpaired) electrons. The molecule has 0 spiro atoms. The van der Waals surface area contributed by atoms with Crippen molar-refractivity contribution in [3.63, 3.8) is 0 Å². The lowest BCUT2D eigenvalue weighted by molar-refractivity contribution is -0.779. The molecule has 3 amide bonds. The van der Waals surface area contributed by atoms with Crippen molar-refractivity contribution in [3.8, 4) is 5.75 Å². The van der Waals surface area contributed by atoms with E-state index in [0.717, 1.165) is 21.6 Å². The van der Waals surface area contributed by atoms with Crippen molar-refractivity contribution in [3.05, 3.63) is 75.3 Å². The third-order valence-corrected chi connectivity index (χ3v) is 8.17. The van der Waals surface area contributed by atoms with Gasteiger partial charge in [-0.15, -0.1) is 21.9 Å². The van der Waals surface area contributed by atoms with E-state index in [1.807, 2.05) is 0 Å². The number of rotatable bonds is 7. The number of carbonyl (C=O) groups is 4. The van der Waals surface area contributed by atoms with Crippen LogP contribution in [0.3, 0.4) is 0 Å². The van der Waals surface area contributed by atoms with Crippen molar-refractivity contribution < 1.29 is 38.6 Å². The Morgan fingerprint density at radius 3 is 2.30 bits per heavy atom. The molecule has 3 heterocycles. The molecule has 0 saturated carbocycles. The van der Waals surface area contributed by atoms with E-state index in [9.17, 15) is 29.3 Å². The Balaban J connectivity index is 1.39. The number of amides is 3. The second-order valence-electron chi connectivity index (χ2n) is 8.90. The fourth-order valence-electron chi connectivity index (χ4n) is 4.80. The predicted octanol–water partition coefficient (Wildman–Crippen LogP) is 1.65. The van der Waals surface area contributed by atoms with Crippen LogP contribution in [-0.4, -0.2) is 74.5 Å². The maximum atomic E-state index is 13.4. The summed E-state index contributed by atoms with van der Waals surface area (Å²) >= 11 is 1.09. The normalized spacial score (nSPS) is 26.2. The standard InChI is InChI=1S/C24H21N3O9S/c1-24(36-27(32)33)12-37-22-17(25-19(28)15-5-3-4-6-16(15)20(25)29)21(30)26(22)18(24)23(31)35-11-13-7-9-14(34-2)10-8-13/h3-10,17-18,22H,11-12H2,1-2H3/t17?,18?,22-,24-/m1/s1. The van der Waals surface area contributed by atoms with Gasteiger partial charge in [0.15, 0.2) is 11.6 Å². The molecule has 37 heavy (non-hydrogen) atoms. The second-order valence-corrected chi connectivity index (χ2v) is 10.0. The zero-order valence-corrected chi connectivity index (χ0v) is 20.5. The lowest BCUT2D eigenvalue weighted by Gasteiger charge is -2.57. The molecule has 2 aromatic carbocycles. The SMILES string of the molecule is COc1ccc(COC(=O)C2N3C(=O)C(N4C(=O)c5ccccc5C4=O)[C@H]3SC[C@@]2(C)O[N+](=O)[O-])cc1. The van der Waals surface area contributed by atoms with Crippen LogP contribution in [0.5, 0.6) is 5.75 Å². The monoisotopic (exact) mass is 527 g/mol. The molecule has 0 N–H and O–H groups in total. The van der Waals surface area contributed by atoms with Crippen molar-refractivity contribution in [2.75, 3.05) is 12.9 Å². The van der Waals surface area contributed by atoms with Gasteiger partial charge < -0.3 is 19.2 Å². The molecule has 4 atom stereocenters. The Bertz CT molecular complexity index is 1280. The van der Waals surface area contributed by atoms with Crippen molar-refractivity contribution in [1.82, 2.24) is 9.80 Å². The third-order valence-electron chi connectivity index (χ3n) is 6.60. The Morgan fingerprint density at radius 1 is 1.11 bits per heavy atom. The van der Waals surface area contributed by atoms with Gasteiger partial charge in [0.2, 0.25) is 0 Å². The summed E-state index contributed by atoms with van der Waals surface area (Å²) in [7, 11) is 1.52. The molecule has 0 bridgehead atoms. The number of benzene rings is 2. The minimum atomic E-state index is -1.72. The van der Waals surface area contributed by atoms with Gasteiger partial charge in [-0.1, -0.05) is 24.3 Å². The average Bonchev–Trinajstić information content (AvgIpc) is 3.12. The van der Waals surface area contributed by atoms with Gasteiger partial charge in [-0.05, 0) is 36.8 Å². The predicted molar refractivity (Wildman–Crippen MR) is 127 cm³/mol. The smallest absolute Gasteiger partial charge is 0.331 e. The maximum Gasteiger partial charge on any atom is 0.331 e. The fraction of sp³-hybridized carbons (Fsp3) is 0.333. The number of imide groups is 1. The molecular weight excluding hydrogens is 506 g/mol. The number of ether oxygens (including phenoxy) is 2. The highest BCUT2D eigenvalue weighted by Crippen LogP contribution is 2.47. The molecular formula is C24H21N3O9S. The lowest BCUT2D eigenvalue weighted by atomic mass is 9.90. The van der Waals surface area contributed by atoms with Crippen molar-refractivity contribution >= 4 is 35.5 Å². The second kappa shape index (κ2) is 9.07. The first kappa shape index (κ1) is 24.6. The number of carbonyl (C=O) groups excluding carboxylic acids is 4. The molecule has 3 aliphatic rings. The number of fused-ring (bicyclic) bond motifs is 2. The van der Waals surface area contributed by atoms with Crippen molar-refractivity contribution in [1.29, 1.82) is 0 Å². The molecule has 5 rings (SSSR count). The molecule has 2 fully saturated rings. The average molecular weight is 528 g/mol. The largest absolute Gasteiger partial charge is 0.497 e. The maximum absolute atomic E-state index is 13.4. The molecule has 0 aromatic heterocycles. The molecule has 0 aliphatic carbocycles. The number of β-lactam (4-membered cyclic amide) rings is 1. The summed E-state index contributed by atoms with van der Waals surface area (Å²) in [5.41, 5.74) is -0.704. The van der Waals surface area contributed by atoms with Crippen LogP contribution in [-0.2, 0) is 25.8 Å². The van der Waals surface area contributed by atoms with Crippen molar-refractivity contribution in [2.24, 2.45) is 0 Å². The summed E-state index contributed by atoms with van der Waals surface area (Å²) in [5, 5.41) is 9.45. The Morgan fingerprint density at radius 2 is 1.73 bits per heavy atom. The van der Waals surface area contributed by atoms with E-state index < -0.39 is 51.8 Å². The Kier molecular flexibility index (Phi) is 6.02. The van der Waals surface area contributed by atoms with Crippen LogP contribution in [0.25, 0.3) is 0 Å². The summed E-state index contributed by atoms with van der Waals surface area (Å²) < 4.78 is 10.5. The molecule has 192 valence electrons. The van der Waals surface area contributed by atoms with E-state index in [1.54, 1.807) is 36.4 Å². The minimum Gasteiger partial charge on any atom is -0.497 e. The molecule has 2 aromatic rings. The third kappa shape index (κ3) is 3.95. The first-order valence-corrected chi connectivity index (χ1v) is 12.2. The number of hydrogen-bond acceptors (Lipinski definition) is 10. The minimum absolute atomic E-state index is 0.0651. The number of nitrogens with zero attached hydrogens (tertiary/aromatic N) is 3. The van der Waals surface area contributed by atoms with Gasteiger partial charge in [-0.3, -0.25) is 19.3 Å².